The predicted molar refractivity (Wildman–Crippen MR) is 105 cm³/mol. The first kappa shape index (κ1) is 21.9. The number of aliphatic hydroxyl groups excluding tert-OH is 1. The molecule has 1 fully saturated rings. The Morgan fingerprint density at radius 3 is 2.15 bits per heavy atom. The van der Waals surface area contributed by atoms with Gasteiger partial charge in [0.2, 0.25) is 0 Å². The molecule has 2 aromatic rings. The van der Waals surface area contributed by atoms with E-state index in [4.69, 9.17) is 0 Å². The summed E-state index contributed by atoms with van der Waals surface area (Å²) in [5, 5.41) is 24.3. The van der Waals surface area contributed by atoms with Crippen LogP contribution in [-0.2, 0) is 5.60 Å². The van der Waals surface area contributed by atoms with E-state index in [2.05, 4.69) is 24.4 Å². The van der Waals surface area contributed by atoms with Crippen molar-refractivity contribution in [2.45, 2.75) is 56.8 Å². The number of aliphatic hydroxyl groups is 2. The molecule has 4 N–H and O–H groups in total. The minimum atomic E-state index is -0.758. The number of hydrogen-bond acceptors (Lipinski definition) is 2. The van der Waals surface area contributed by atoms with E-state index in [0.717, 1.165) is 30.5 Å². The van der Waals surface area contributed by atoms with Crippen molar-refractivity contribution in [1.29, 1.82) is 0 Å². The summed E-state index contributed by atoms with van der Waals surface area (Å²) in [6.07, 6.45) is 4.86. The molecule has 3 unspecified atom stereocenters. The summed E-state index contributed by atoms with van der Waals surface area (Å²) in [5.74, 6) is 0.340. The Morgan fingerprint density at radius 2 is 1.56 bits per heavy atom. The van der Waals surface area contributed by atoms with E-state index in [9.17, 15) is 10.2 Å². The van der Waals surface area contributed by atoms with Crippen molar-refractivity contribution in [2.24, 2.45) is 5.92 Å². The van der Waals surface area contributed by atoms with Gasteiger partial charge in [-0.1, -0.05) is 73.5 Å². The van der Waals surface area contributed by atoms with Crippen molar-refractivity contribution in [3.63, 3.8) is 0 Å². The molecule has 0 bridgehead atoms. The summed E-state index contributed by atoms with van der Waals surface area (Å²) in [4.78, 5) is 0. The number of rotatable bonds is 8. The second-order valence-corrected chi connectivity index (χ2v) is 7.76. The number of quaternary nitrogens is 1. The molecular formula is C23H32ClNO2. The molecule has 3 nitrogen and oxygen atoms in total. The van der Waals surface area contributed by atoms with Crippen LogP contribution in [0.15, 0.2) is 60.7 Å². The molecule has 0 heterocycles. The van der Waals surface area contributed by atoms with Crippen molar-refractivity contribution in [3.05, 3.63) is 71.8 Å². The normalized spacial score (nSPS) is 19.1. The van der Waals surface area contributed by atoms with Crippen molar-refractivity contribution >= 4 is 0 Å². The van der Waals surface area contributed by atoms with Gasteiger partial charge in [0.1, 0.15) is 12.1 Å². The van der Waals surface area contributed by atoms with Crippen molar-refractivity contribution < 1.29 is 27.9 Å². The van der Waals surface area contributed by atoms with Crippen molar-refractivity contribution in [1.82, 2.24) is 0 Å². The molecule has 4 heteroatoms. The Hall–Kier alpha value is -1.39. The van der Waals surface area contributed by atoms with Gasteiger partial charge in [0, 0.05) is 6.42 Å². The first-order chi connectivity index (χ1) is 12.6. The summed E-state index contributed by atoms with van der Waals surface area (Å²) in [6, 6.07) is 20.0. The smallest absolute Gasteiger partial charge is 0.130 e. The maximum atomic E-state index is 11.6. The van der Waals surface area contributed by atoms with Gasteiger partial charge in [0.05, 0.1) is 12.1 Å². The molecule has 27 heavy (non-hydrogen) atoms. The Labute approximate surface area is 169 Å². The van der Waals surface area contributed by atoms with E-state index in [-0.39, 0.29) is 18.4 Å². The summed E-state index contributed by atoms with van der Waals surface area (Å²) >= 11 is 0. The van der Waals surface area contributed by atoms with Gasteiger partial charge in [0.15, 0.2) is 0 Å². The van der Waals surface area contributed by atoms with E-state index in [1.165, 1.54) is 12.8 Å². The lowest BCUT2D eigenvalue weighted by atomic mass is 9.77. The molecule has 1 aliphatic rings. The maximum Gasteiger partial charge on any atom is 0.130 e. The largest absolute Gasteiger partial charge is 1.00 e. The highest BCUT2D eigenvalue weighted by molar-refractivity contribution is 5.23. The monoisotopic (exact) mass is 389 g/mol. The van der Waals surface area contributed by atoms with Crippen LogP contribution in [0, 0.1) is 5.92 Å². The zero-order valence-corrected chi connectivity index (χ0v) is 16.9. The molecule has 0 amide bonds. The minimum absolute atomic E-state index is 0. The molecule has 2 aromatic carbocycles. The Morgan fingerprint density at radius 1 is 1.00 bits per heavy atom. The van der Waals surface area contributed by atoms with Crippen LogP contribution < -0.4 is 17.7 Å². The van der Waals surface area contributed by atoms with E-state index in [0.29, 0.717) is 12.3 Å². The molecule has 0 aliphatic heterocycles. The molecule has 0 spiro atoms. The third kappa shape index (κ3) is 5.32. The third-order valence-corrected chi connectivity index (χ3v) is 6.01. The fourth-order valence-corrected chi connectivity index (χ4v) is 4.36. The average Bonchev–Trinajstić information content (AvgIpc) is 3.24. The average molecular weight is 390 g/mol. The number of halogens is 1. The summed E-state index contributed by atoms with van der Waals surface area (Å²) in [7, 11) is 0. The van der Waals surface area contributed by atoms with Crippen LogP contribution in [0.5, 0.6) is 0 Å². The van der Waals surface area contributed by atoms with Gasteiger partial charge in [0.25, 0.3) is 0 Å². The van der Waals surface area contributed by atoms with E-state index in [1.807, 2.05) is 48.5 Å². The molecular weight excluding hydrogens is 358 g/mol. The lowest BCUT2D eigenvalue weighted by molar-refractivity contribution is -0.696. The van der Waals surface area contributed by atoms with E-state index < -0.39 is 11.7 Å². The third-order valence-electron chi connectivity index (χ3n) is 6.01. The Balaban J connectivity index is 0.00000261. The summed E-state index contributed by atoms with van der Waals surface area (Å²) in [6.45, 7) is 2.85. The molecule has 0 saturated heterocycles. The molecule has 148 valence electrons. The van der Waals surface area contributed by atoms with Crippen LogP contribution >= 0.6 is 0 Å². The van der Waals surface area contributed by atoms with Crippen LogP contribution in [0.3, 0.4) is 0 Å². The van der Waals surface area contributed by atoms with Crippen molar-refractivity contribution in [2.75, 3.05) is 6.54 Å². The lowest BCUT2D eigenvalue weighted by Crippen LogP contribution is -3.00. The van der Waals surface area contributed by atoms with Gasteiger partial charge in [-0.25, -0.2) is 0 Å². The number of nitrogens with two attached hydrogens (primary N) is 1. The fraction of sp³-hybridized carbons (Fsp3) is 0.478. The zero-order valence-electron chi connectivity index (χ0n) is 16.1. The first-order valence-corrected chi connectivity index (χ1v) is 9.95. The SMILES string of the molecule is CC([NH2+]CCC(O)(c1ccccc1)C1CCCC1)C(O)c1ccccc1.[Cl-]. The highest BCUT2D eigenvalue weighted by atomic mass is 35.5. The fourth-order valence-electron chi connectivity index (χ4n) is 4.36. The van der Waals surface area contributed by atoms with Crippen LogP contribution in [-0.4, -0.2) is 22.8 Å². The van der Waals surface area contributed by atoms with E-state index in [1.54, 1.807) is 0 Å². The van der Waals surface area contributed by atoms with Gasteiger partial charge in [-0.3, -0.25) is 0 Å². The zero-order chi connectivity index (χ0) is 18.4. The van der Waals surface area contributed by atoms with Gasteiger partial charge in [-0.05, 0) is 36.8 Å². The van der Waals surface area contributed by atoms with Crippen LogP contribution in [0.1, 0.15) is 56.3 Å². The maximum absolute atomic E-state index is 11.6. The highest BCUT2D eigenvalue weighted by Gasteiger charge is 2.40. The van der Waals surface area contributed by atoms with Gasteiger partial charge < -0.3 is 27.9 Å². The minimum Gasteiger partial charge on any atom is -1.00 e. The second-order valence-electron chi connectivity index (χ2n) is 7.76. The summed E-state index contributed by atoms with van der Waals surface area (Å²) < 4.78 is 0. The predicted octanol–water partition coefficient (Wildman–Crippen LogP) is 0.144. The quantitative estimate of drug-likeness (QED) is 0.601. The van der Waals surface area contributed by atoms with Gasteiger partial charge >= 0.3 is 0 Å². The van der Waals surface area contributed by atoms with Gasteiger partial charge in [-0.2, -0.15) is 0 Å². The Kier molecular flexibility index (Phi) is 8.30. The molecule has 0 radical (unpaired) electrons. The Bertz CT molecular complexity index is 661. The van der Waals surface area contributed by atoms with Gasteiger partial charge in [-0.15, -0.1) is 0 Å². The lowest BCUT2D eigenvalue weighted by Gasteiger charge is -2.34. The molecule has 3 rings (SSSR count). The molecule has 1 aliphatic carbocycles. The highest BCUT2D eigenvalue weighted by Crippen LogP contribution is 2.42. The summed E-state index contributed by atoms with van der Waals surface area (Å²) in [5.41, 5.74) is 1.23. The van der Waals surface area contributed by atoms with Crippen LogP contribution in [0.25, 0.3) is 0 Å². The number of hydrogen-bond donors (Lipinski definition) is 3. The standard InChI is InChI=1S/C23H31NO2.ClH/c1-18(22(25)19-10-4-2-5-11-19)24-17-16-23(26,21-14-8-9-15-21)20-12-6-3-7-13-20;/h2-7,10-13,18,21-22,24-26H,8-9,14-17H2,1H3;1H. The topological polar surface area (TPSA) is 57.1 Å². The molecule has 0 aromatic heterocycles. The van der Waals surface area contributed by atoms with Crippen molar-refractivity contribution in [3.8, 4) is 0 Å². The van der Waals surface area contributed by atoms with Crippen LogP contribution in [0.2, 0.25) is 0 Å². The molecule has 1 saturated carbocycles. The molecule has 3 atom stereocenters. The second kappa shape index (κ2) is 10.2. The van der Waals surface area contributed by atoms with Crippen LogP contribution in [0.4, 0.5) is 0 Å². The van der Waals surface area contributed by atoms with E-state index >= 15 is 0 Å². The first-order valence-electron chi connectivity index (χ1n) is 9.95. The number of benzene rings is 2.